The van der Waals surface area contributed by atoms with Crippen LogP contribution in [0.15, 0.2) is 48.5 Å². The zero-order chi connectivity index (χ0) is 19.3. The number of fused-ring (bicyclic) bond motifs is 3. The van der Waals surface area contributed by atoms with Gasteiger partial charge in [0.05, 0.1) is 5.69 Å². The number of H-pyrrole nitrogens is 1. The standard InChI is InChI=1S/C22H21N3O3/c1-14-15-6-2-4-8-17(15)23-19(14)20(26)25-12-10-22(11-13-25)16-7-3-5-9-18(16)24-21(27)28-22/h2-9,23H,10-13H2,1H3,(H,24,27). The first-order valence-electron chi connectivity index (χ1n) is 9.53. The number of carbonyl (C=O) groups excluding carboxylic acids is 2. The molecule has 2 amide bonds. The first kappa shape index (κ1) is 16.9. The Labute approximate surface area is 162 Å². The van der Waals surface area contributed by atoms with Crippen LogP contribution in [-0.2, 0) is 10.3 Å². The van der Waals surface area contributed by atoms with E-state index in [-0.39, 0.29) is 5.91 Å². The molecule has 0 radical (unpaired) electrons. The van der Waals surface area contributed by atoms with Crippen LogP contribution < -0.4 is 5.32 Å². The van der Waals surface area contributed by atoms with Gasteiger partial charge in [0.15, 0.2) is 0 Å². The Morgan fingerprint density at radius 2 is 1.79 bits per heavy atom. The van der Waals surface area contributed by atoms with E-state index in [1.807, 2.05) is 60.4 Å². The maximum Gasteiger partial charge on any atom is 0.412 e. The highest BCUT2D eigenvalue weighted by Crippen LogP contribution is 2.43. The third kappa shape index (κ3) is 2.48. The third-order valence-corrected chi connectivity index (χ3v) is 5.98. The van der Waals surface area contributed by atoms with E-state index in [1.165, 1.54) is 0 Å². The molecule has 1 fully saturated rings. The van der Waals surface area contributed by atoms with Crippen LogP contribution in [0.3, 0.4) is 0 Å². The Morgan fingerprint density at radius 1 is 1.07 bits per heavy atom. The zero-order valence-corrected chi connectivity index (χ0v) is 15.6. The molecule has 5 rings (SSSR count). The lowest BCUT2D eigenvalue weighted by atomic mass is 9.82. The number of rotatable bonds is 1. The molecule has 0 bridgehead atoms. The van der Waals surface area contributed by atoms with Gasteiger partial charge in [-0.3, -0.25) is 10.1 Å². The molecule has 6 heteroatoms. The number of para-hydroxylation sites is 2. The number of likely N-dealkylation sites (tertiary alicyclic amines) is 1. The summed E-state index contributed by atoms with van der Waals surface area (Å²) < 4.78 is 5.75. The Bertz CT molecular complexity index is 1090. The van der Waals surface area contributed by atoms with Crippen molar-refractivity contribution in [1.29, 1.82) is 0 Å². The van der Waals surface area contributed by atoms with E-state index in [1.54, 1.807) is 0 Å². The maximum atomic E-state index is 13.1. The zero-order valence-electron chi connectivity index (χ0n) is 15.6. The van der Waals surface area contributed by atoms with Gasteiger partial charge in [0.1, 0.15) is 11.3 Å². The summed E-state index contributed by atoms with van der Waals surface area (Å²) in [6, 6.07) is 15.7. The summed E-state index contributed by atoms with van der Waals surface area (Å²) >= 11 is 0. The molecule has 3 heterocycles. The molecule has 2 aliphatic rings. The Hall–Kier alpha value is -3.28. The predicted molar refractivity (Wildman–Crippen MR) is 106 cm³/mol. The molecule has 1 aromatic heterocycles. The van der Waals surface area contributed by atoms with Crippen molar-refractivity contribution in [2.45, 2.75) is 25.4 Å². The van der Waals surface area contributed by atoms with Gasteiger partial charge in [-0.2, -0.15) is 0 Å². The summed E-state index contributed by atoms with van der Waals surface area (Å²) in [4.78, 5) is 30.3. The van der Waals surface area contributed by atoms with Gasteiger partial charge < -0.3 is 14.6 Å². The molecule has 1 spiro atoms. The topological polar surface area (TPSA) is 74.4 Å². The molecule has 2 aliphatic heterocycles. The van der Waals surface area contributed by atoms with E-state index in [0.29, 0.717) is 31.6 Å². The number of aromatic amines is 1. The Kier molecular flexibility index (Phi) is 3.69. The summed E-state index contributed by atoms with van der Waals surface area (Å²) in [6.45, 7) is 3.05. The van der Waals surface area contributed by atoms with Crippen LogP contribution in [0.4, 0.5) is 10.5 Å². The van der Waals surface area contributed by atoms with Crippen LogP contribution in [0.1, 0.15) is 34.5 Å². The van der Waals surface area contributed by atoms with Crippen molar-refractivity contribution >= 4 is 28.6 Å². The van der Waals surface area contributed by atoms with Crippen LogP contribution in [-0.4, -0.2) is 35.0 Å². The highest BCUT2D eigenvalue weighted by Gasteiger charge is 2.45. The molecule has 0 atom stereocenters. The molecular formula is C22H21N3O3. The van der Waals surface area contributed by atoms with Crippen molar-refractivity contribution in [3.8, 4) is 0 Å². The van der Waals surface area contributed by atoms with E-state index < -0.39 is 11.7 Å². The van der Waals surface area contributed by atoms with E-state index >= 15 is 0 Å². The van der Waals surface area contributed by atoms with Crippen molar-refractivity contribution < 1.29 is 14.3 Å². The highest BCUT2D eigenvalue weighted by atomic mass is 16.6. The average Bonchev–Trinajstić information content (AvgIpc) is 3.05. The molecule has 0 aliphatic carbocycles. The first-order chi connectivity index (χ1) is 13.6. The number of anilines is 1. The number of benzene rings is 2. The number of nitrogens with one attached hydrogen (secondary N) is 2. The van der Waals surface area contributed by atoms with Gasteiger partial charge in [0.2, 0.25) is 0 Å². The molecule has 6 nitrogen and oxygen atoms in total. The van der Waals surface area contributed by atoms with Crippen molar-refractivity contribution in [3.05, 3.63) is 65.4 Å². The number of hydrogen-bond acceptors (Lipinski definition) is 3. The second kappa shape index (κ2) is 6.12. The molecule has 1 saturated heterocycles. The van der Waals surface area contributed by atoms with Crippen LogP contribution in [0, 0.1) is 6.92 Å². The highest BCUT2D eigenvalue weighted by molar-refractivity contribution is 6.01. The number of amides is 2. The monoisotopic (exact) mass is 375 g/mol. The molecule has 0 saturated carbocycles. The van der Waals surface area contributed by atoms with E-state index in [4.69, 9.17) is 4.74 Å². The van der Waals surface area contributed by atoms with Crippen molar-refractivity contribution in [3.63, 3.8) is 0 Å². The van der Waals surface area contributed by atoms with Gasteiger partial charge in [0, 0.05) is 42.4 Å². The normalized spacial score (nSPS) is 17.9. The lowest BCUT2D eigenvalue weighted by molar-refractivity contribution is -0.0332. The van der Waals surface area contributed by atoms with Crippen LogP contribution in [0.5, 0.6) is 0 Å². The van der Waals surface area contributed by atoms with Gasteiger partial charge in [-0.1, -0.05) is 36.4 Å². The molecule has 2 N–H and O–H groups in total. The molecule has 142 valence electrons. The van der Waals surface area contributed by atoms with E-state index in [2.05, 4.69) is 10.3 Å². The number of aryl methyl sites for hydroxylation is 1. The largest absolute Gasteiger partial charge is 0.438 e. The van der Waals surface area contributed by atoms with Crippen LogP contribution in [0.2, 0.25) is 0 Å². The van der Waals surface area contributed by atoms with Gasteiger partial charge in [-0.15, -0.1) is 0 Å². The second-order valence-corrected chi connectivity index (χ2v) is 7.52. The van der Waals surface area contributed by atoms with Crippen LogP contribution >= 0.6 is 0 Å². The Balaban J connectivity index is 1.41. The summed E-state index contributed by atoms with van der Waals surface area (Å²) in [6.07, 6.45) is 0.746. The second-order valence-electron chi connectivity index (χ2n) is 7.52. The van der Waals surface area contributed by atoms with E-state index in [9.17, 15) is 9.59 Å². The predicted octanol–water partition coefficient (Wildman–Crippen LogP) is 4.17. The quantitative estimate of drug-likeness (QED) is 0.670. The van der Waals surface area contributed by atoms with Crippen molar-refractivity contribution in [2.75, 3.05) is 18.4 Å². The first-order valence-corrected chi connectivity index (χ1v) is 9.53. The maximum absolute atomic E-state index is 13.1. The fourth-order valence-corrected chi connectivity index (χ4v) is 4.45. The van der Waals surface area contributed by atoms with Gasteiger partial charge >= 0.3 is 6.09 Å². The molecule has 28 heavy (non-hydrogen) atoms. The fraction of sp³-hybridized carbons (Fsp3) is 0.273. The number of nitrogens with zero attached hydrogens (tertiary/aromatic N) is 1. The number of piperidine rings is 1. The van der Waals surface area contributed by atoms with Gasteiger partial charge in [-0.05, 0) is 24.6 Å². The van der Waals surface area contributed by atoms with Gasteiger partial charge in [-0.25, -0.2) is 4.79 Å². The third-order valence-electron chi connectivity index (χ3n) is 5.98. The summed E-state index contributed by atoms with van der Waals surface area (Å²) in [5, 5.41) is 3.84. The molecule has 2 aromatic carbocycles. The molecule has 0 unspecified atom stereocenters. The number of hydrogen-bond donors (Lipinski definition) is 2. The minimum absolute atomic E-state index is 0.00269. The van der Waals surface area contributed by atoms with Crippen molar-refractivity contribution in [1.82, 2.24) is 9.88 Å². The number of aromatic nitrogens is 1. The van der Waals surface area contributed by atoms with Crippen molar-refractivity contribution in [2.24, 2.45) is 0 Å². The molecule has 3 aromatic rings. The fourth-order valence-electron chi connectivity index (χ4n) is 4.45. The minimum atomic E-state index is -0.662. The SMILES string of the molecule is Cc1c(C(=O)N2CCC3(CC2)OC(=O)Nc2ccccc23)[nH]c2ccccc12. The average molecular weight is 375 g/mol. The summed E-state index contributed by atoms with van der Waals surface area (Å²) in [5.41, 5.74) is 3.71. The smallest absolute Gasteiger partial charge is 0.412 e. The Morgan fingerprint density at radius 3 is 2.57 bits per heavy atom. The van der Waals surface area contributed by atoms with E-state index in [0.717, 1.165) is 27.7 Å². The number of carbonyl (C=O) groups is 2. The molecular weight excluding hydrogens is 354 g/mol. The van der Waals surface area contributed by atoms with Crippen LogP contribution in [0.25, 0.3) is 10.9 Å². The summed E-state index contributed by atoms with van der Waals surface area (Å²) in [7, 11) is 0. The number of ether oxygens (including phenoxy) is 1. The lowest BCUT2D eigenvalue weighted by Gasteiger charge is -2.44. The summed E-state index contributed by atoms with van der Waals surface area (Å²) in [5.74, 6) is -0.00269. The minimum Gasteiger partial charge on any atom is -0.438 e. The lowest BCUT2D eigenvalue weighted by Crippen LogP contribution is -2.49. The van der Waals surface area contributed by atoms with Gasteiger partial charge in [0.25, 0.3) is 5.91 Å².